The lowest BCUT2D eigenvalue weighted by molar-refractivity contribution is 0.248. The van der Waals surface area contributed by atoms with Gasteiger partial charge < -0.3 is 20.9 Å². The van der Waals surface area contributed by atoms with Crippen molar-refractivity contribution in [1.82, 2.24) is 15.3 Å². The van der Waals surface area contributed by atoms with Gasteiger partial charge in [0.25, 0.3) is 0 Å². The molecule has 3 heterocycles. The minimum absolute atomic E-state index is 0.0103. The molecule has 1 aliphatic heterocycles. The maximum atomic E-state index is 12.4. The zero-order valence-electron chi connectivity index (χ0n) is 16.5. The highest BCUT2D eigenvalue weighted by Gasteiger charge is 2.14. The lowest BCUT2D eigenvalue weighted by Crippen LogP contribution is -2.41. The number of fused-ring (bicyclic) bond motifs is 1. The average molecular weight is 411 g/mol. The Balaban J connectivity index is 1.30. The molecule has 152 valence electrons. The summed E-state index contributed by atoms with van der Waals surface area (Å²) in [6.45, 7) is 4.88. The van der Waals surface area contributed by atoms with E-state index in [-0.39, 0.29) is 12.1 Å². The highest BCUT2D eigenvalue weighted by Crippen LogP contribution is 2.25. The topological polar surface area (TPSA) is 82.2 Å². The number of nitrogens with one attached hydrogen (secondary N) is 3. The Morgan fingerprint density at radius 1 is 1.17 bits per heavy atom. The van der Waals surface area contributed by atoms with E-state index >= 15 is 0 Å². The maximum absolute atomic E-state index is 12.4. The average Bonchev–Trinajstić information content (AvgIpc) is 3.43. The van der Waals surface area contributed by atoms with E-state index in [4.69, 9.17) is 0 Å². The van der Waals surface area contributed by atoms with Crippen molar-refractivity contribution >= 4 is 44.8 Å². The summed E-state index contributed by atoms with van der Waals surface area (Å²) in [5.74, 6) is 0.808. The molecular formula is C21H26N6OS. The van der Waals surface area contributed by atoms with Crippen LogP contribution in [0.5, 0.6) is 0 Å². The van der Waals surface area contributed by atoms with Crippen LogP contribution in [-0.2, 0) is 0 Å². The number of hydrogen-bond acceptors (Lipinski definition) is 6. The first-order valence-corrected chi connectivity index (χ1v) is 11.0. The van der Waals surface area contributed by atoms with Crippen LogP contribution in [0.25, 0.3) is 10.2 Å². The monoisotopic (exact) mass is 410 g/mol. The molecule has 3 N–H and O–H groups in total. The van der Waals surface area contributed by atoms with Crippen LogP contribution in [0.15, 0.2) is 42.0 Å². The van der Waals surface area contributed by atoms with E-state index < -0.39 is 0 Å². The van der Waals surface area contributed by atoms with Gasteiger partial charge in [0.15, 0.2) is 0 Å². The summed E-state index contributed by atoms with van der Waals surface area (Å²) in [7, 11) is 0. The van der Waals surface area contributed by atoms with E-state index in [1.54, 1.807) is 17.7 Å². The van der Waals surface area contributed by atoms with E-state index in [0.717, 1.165) is 41.2 Å². The number of carbonyl (C=O) groups excluding carboxylic acids is 1. The first-order chi connectivity index (χ1) is 14.2. The van der Waals surface area contributed by atoms with Gasteiger partial charge in [0.05, 0.1) is 10.2 Å². The lowest BCUT2D eigenvalue weighted by atomic mass is 10.2. The Morgan fingerprint density at radius 3 is 2.72 bits per heavy atom. The van der Waals surface area contributed by atoms with E-state index in [2.05, 4.69) is 49.9 Å². The molecule has 0 saturated carbocycles. The van der Waals surface area contributed by atoms with Gasteiger partial charge in [-0.1, -0.05) is 6.92 Å². The second-order valence-electron chi connectivity index (χ2n) is 7.18. The normalized spacial score (nSPS) is 14.7. The van der Waals surface area contributed by atoms with Gasteiger partial charge in [-0.2, -0.15) is 0 Å². The largest absolute Gasteiger partial charge is 0.372 e. The van der Waals surface area contributed by atoms with Crippen molar-refractivity contribution in [2.75, 3.05) is 35.2 Å². The van der Waals surface area contributed by atoms with Crippen LogP contribution >= 0.6 is 11.3 Å². The second-order valence-corrected chi connectivity index (χ2v) is 8.10. The Morgan fingerprint density at radius 2 is 1.97 bits per heavy atom. The van der Waals surface area contributed by atoms with Crippen LogP contribution in [0.1, 0.15) is 26.2 Å². The standard InChI is InChI=1S/C21H26N6OS/c1-2-15(13-22-20-19-18(9-12-29-19)23-14-24-20)25-21(28)26-16-5-7-17(8-6-16)27-10-3-4-11-27/h5-9,12,14-15H,2-4,10-11,13H2,1H3,(H,22,23,24)(H2,25,26,28). The fraction of sp³-hybridized carbons (Fsp3) is 0.381. The van der Waals surface area contributed by atoms with Gasteiger partial charge in [0.2, 0.25) is 0 Å². The van der Waals surface area contributed by atoms with Gasteiger partial charge in [-0.05, 0) is 55.0 Å². The smallest absolute Gasteiger partial charge is 0.319 e. The van der Waals surface area contributed by atoms with Crippen molar-refractivity contribution < 1.29 is 4.79 Å². The minimum Gasteiger partial charge on any atom is -0.372 e. The number of benzene rings is 1. The molecule has 1 unspecified atom stereocenters. The number of rotatable bonds is 7. The van der Waals surface area contributed by atoms with Gasteiger partial charge in [0.1, 0.15) is 12.1 Å². The summed E-state index contributed by atoms with van der Waals surface area (Å²) < 4.78 is 1.03. The zero-order chi connectivity index (χ0) is 20.1. The predicted molar refractivity (Wildman–Crippen MR) is 120 cm³/mol. The molecule has 0 aliphatic carbocycles. The molecule has 1 aromatic carbocycles. The van der Waals surface area contributed by atoms with Crippen molar-refractivity contribution in [2.24, 2.45) is 0 Å². The Kier molecular flexibility index (Phi) is 6.09. The van der Waals surface area contributed by atoms with Gasteiger partial charge in [-0.15, -0.1) is 11.3 Å². The number of urea groups is 1. The van der Waals surface area contributed by atoms with Crippen molar-refractivity contribution in [2.45, 2.75) is 32.2 Å². The SMILES string of the molecule is CCC(CNc1ncnc2ccsc12)NC(=O)Nc1ccc(N2CCCC2)cc1. The third kappa shape index (κ3) is 4.76. The first kappa shape index (κ1) is 19.4. The molecule has 0 spiro atoms. The Hall–Kier alpha value is -2.87. The van der Waals surface area contributed by atoms with E-state index in [9.17, 15) is 4.79 Å². The molecule has 2 aromatic heterocycles. The fourth-order valence-corrected chi connectivity index (χ4v) is 4.33. The molecule has 0 radical (unpaired) electrons. The van der Waals surface area contributed by atoms with Gasteiger partial charge >= 0.3 is 6.03 Å². The van der Waals surface area contributed by atoms with Crippen molar-refractivity contribution in [3.8, 4) is 0 Å². The molecule has 29 heavy (non-hydrogen) atoms. The van der Waals surface area contributed by atoms with E-state index in [1.165, 1.54) is 18.5 Å². The number of carbonyl (C=O) groups is 1. The quantitative estimate of drug-likeness (QED) is 0.541. The molecule has 1 atom stereocenters. The number of amides is 2. The van der Waals surface area contributed by atoms with Crippen molar-refractivity contribution in [3.63, 3.8) is 0 Å². The van der Waals surface area contributed by atoms with Crippen LogP contribution in [-0.4, -0.2) is 41.7 Å². The van der Waals surface area contributed by atoms with E-state index in [1.807, 2.05) is 23.6 Å². The number of aromatic nitrogens is 2. The van der Waals surface area contributed by atoms with Gasteiger partial charge in [-0.25, -0.2) is 14.8 Å². The summed E-state index contributed by atoms with van der Waals surface area (Å²) in [6, 6.07) is 9.83. The Bertz CT molecular complexity index is 951. The highest BCUT2D eigenvalue weighted by molar-refractivity contribution is 7.17. The van der Waals surface area contributed by atoms with Crippen LogP contribution in [0.4, 0.5) is 22.0 Å². The van der Waals surface area contributed by atoms with Gasteiger partial charge in [-0.3, -0.25) is 0 Å². The molecule has 7 nitrogen and oxygen atoms in total. The van der Waals surface area contributed by atoms with Crippen LogP contribution in [0, 0.1) is 0 Å². The predicted octanol–water partition coefficient (Wildman–Crippen LogP) is 4.30. The number of nitrogens with zero attached hydrogens (tertiary/aromatic N) is 3. The summed E-state index contributed by atoms with van der Waals surface area (Å²) in [4.78, 5) is 23.4. The summed E-state index contributed by atoms with van der Waals surface area (Å²) in [6.07, 6.45) is 4.88. The third-order valence-corrected chi connectivity index (χ3v) is 6.09. The molecule has 1 fully saturated rings. The number of thiophene rings is 1. The maximum Gasteiger partial charge on any atom is 0.319 e. The molecule has 1 aliphatic rings. The summed E-state index contributed by atoms with van der Waals surface area (Å²) >= 11 is 1.61. The second kappa shape index (κ2) is 9.09. The summed E-state index contributed by atoms with van der Waals surface area (Å²) in [5, 5.41) is 11.3. The first-order valence-electron chi connectivity index (χ1n) is 10.1. The van der Waals surface area contributed by atoms with Crippen LogP contribution in [0.3, 0.4) is 0 Å². The van der Waals surface area contributed by atoms with E-state index in [0.29, 0.717) is 6.54 Å². The third-order valence-electron chi connectivity index (χ3n) is 5.18. The molecule has 2 amide bonds. The molecular weight excluding hydrogens is 384 g/mol. The van der Waals surface area contributed by atoms with Crippen LogP contribution < -0.4 is 20.9 Å². The fourth-order valence-electron chi connectivity index (χ4n) is 3.52. The molecule has 0 bridgehead atoms. The lowest BCUT2D eigenvalue weighted by Gasteiger charge is -2.20. The molecule has 4 rings (SSSR count). The summed E-state index contributed by atoms with van der Waals surface area (Å²) in [5.41, 5.74) is 2.95. The number of anilines is 3. The van der Waals surface area contributed by atoms with Gasteiger partial charge in [0, 0.05) is 37.1 Å². The number of hydrogen-bond donors (Lipinski definition) is 3. The minimum atomic E-state index is -0.198. The molecule has 1 saturated heterocycles. The zero-order valence-corrected chi connectivity index (χ0v) is 17.3. The highest BCUT2D eigenvalue weighted by atomic mass is 32.1. The van der Waals surface area contributed by atoms with Crippen molar-refractivity contribution in [1.29, 1.82) is 0 Å². The van der Waals surface area contributed by atoms with Crippen LogP contribution in [0.2, 0.25) is 0 Å². The molecule has 3 aromatic rings. The molecule has 8 heteroatoms. The van der Waals surface area contributed by atoms with Crippen molar-refractivity contribution in [3.05, 3.63) is 42.0 Å². The Labute approximate surface area is 174 Å².